The van der Waals surface area contributed by atoms with Gasteiger partial charge in [-0.15, -0.1) is 0 Å². The van der Waals surface area contributed by atoms with E-state index in [4.69, 9.17) is 4.98 Å². The number of halogens is 3. The van der Waals surface area contributed by atoms with Gasteiger partial charge in [0.2, 0.25) is 5.95 Å². The molecule has 31 heavy (non-hydrogen) atoms. The van der Waals surface area contributed by atoms with Gasteiger partial charge in [0.1, 0.15) is 0 Å². The van der Waals surface area contributed by atoms with E-state index >= 15 is 0 Å². The van der Waals surface area contributed by atoms with Crippen molar-refractivity contribution in [1.29, 1.82) is 0 Å². The van der Waals surface area contributed by atoms with E-state index in [-0.39, 0.29) is 17.6 Å². The first-order valence-electron chi connectivity index (χ1n) is 10.4. The Balaban J connectivity index is 1.43. The highest BCUT2D eigenvalue weighted by molar-refractivity contribution is 5.94. The van der Waals surface area contributed by atoms with Gasteiger partial charge in [0, 0.05) is 30.7 Å². The summed E-state index contributed by atoms with van der Waals surface area (Å²) in [6.07, 6.45) is -3.07. The average molecular weight is 430 g/mol. The van der Waals surface area contributed by atoms with Crippen LogP contribution in [0.25, 0.3) is 11.0 Å². The average Bonchev–Trinajstić information content (AvgIpc) is 3.13. The Bertz CT molecular complexity index is 1080. The fraction of sp³-hybridized carbons (Fsp3) is 0.391. The Morgan fingerprint density at radius 2 is 1.81 bits per heavy atom. The summed E-state index contributed by atoms with van der Waals surface area (Å²) >= 11 is 0. The van der Waals surface area contributed by atoms with E-state index in [1.807, 2.05) is 18.2 Å². The number of hydrogen-bond acceptors (Lipinski definition) is 3. The standard InChI is InChI=1S/C23H25F3N4O/c1-15(2)30-20-9-4-3-8-19(20)28-22(30)29-12-10-18(11-13-29)27-21(31)16-6-5-7-17(14-16)23(24,25)26/h3-9,14-15,18H,10-13H2,1-2H3,(H,27,31). The lowest BCUT2D eigenvalue weighted by atomic mass is 10.0. The second kappa shape index (κ2) is 8.24. The van der Waals surface area contributed by atoms with Gasteiger partial charge in [-0.25, -0.2) is 4.98 Å². The van der Waals surface area contributed by atoms with Crippen LogP contribution in [-0.2, 0) is 6.18 Å². The number of carbonyl (C=O) groups excluding carboxylic acids is 1. The van der Waals surface area contributed by atoms with Crippen molar-refractivity contribution in [3.8, 4) is 0 Å². The number of benzene rings is 2. The first kappa shape index (κ1) is 21.2. The lowest BCUT2D eigenvalue weighted by molar-refractivity contribution is -0.137. The smallest absolute Gasteiger partial charge is 0.349 e. The van der Waals surface area contributed by atoms with Gasteiger partial charge in [0.25, 0.3) is 5.91 Å². The molecule has 0 unspecified atom stereocenters. The number of piperidine rings is 1. The Morgan fingerprint density at radius 1 is 1.10 bits per heavy atom. The number of para-hydroxylation sites is 2. The monoisotopic (exact) mass is 430 g/mol. The van der Waals surface area contributed by atoms with Gasteiger partial charge in [-0.1, -0.05) is 18.2 Å². The number of imidazole rings is 1. The minimum atomic E-state index is -4.47. The molecule has 1 aromatic heterocycles. The van der Waals surface area contributed by atoms with E-state index in [2.05, 4.69) is 34.7 Å². The van der Waals surface area contributed by atoms with E-state index in [1.165, 1.54) is 12.1 Å². The van der Waals surface area contributed by atoms with Crippen molar-refractivity contribution < 1.29 is 18.0 Å². The molecule has 0 bridgehead atoms. The summed E-state index contributed by atoms with van der Waals surface area (Å²) in [5.74, 6) is 0.442. The van der Waals surface area contributed by atoms with Gasteiger partial charge in [-0.05, 0) is 57.0 Å². The molecule has 1 N–H and O–H groups in total. The van der Waals surface area contributed by atoms with Crippen molar-refractivity contribution in [2.24, 2.45) is 0 Å². The molecule has 0 radical (unpaired) electrons. The lowest BCUT2D eigenvalue weighted by Crippen LogP contribution is -2.45. The summed E-state index contributed by atoms with van der Waals surface area (Å²) in [6, 6.07) is 12.7. The second-order valence-corrected chi connectivity index (χ2v) is 8.18. The molecule has 0 spiro atoms. The van der Waals surface area contributed by atoms with Crippen LogP contribution in [0.5, 0.6) is 0 Å². The molecule has 8 heteroatoms. The van der Waals surface area contributed by atoms with E-state index < -0.39 is 17.6 Å². The van der Waals surface area contributed by atoms with Crippen LogP contribution in [0.3, 0.4) is 0 Å². The van der Waals surface area contributed by atoms with Gasteiger partial charge < -0.3 is 14.8 Å². The Hall–Kier alpha value is -3.03. The molecule has 164 valence electrons. The highest BCUT2D eigenvalue weighted by atomic mass is 19.4. The summed E-state index contributed by atoms with van der Waals surface area (Å²) in [7, 11) is 0. The maximum atomic E-state index is 12.9. The van der Waals surface area contributed by atoms with E-state index in [0.717, 1.165) is 29.1 Å². The van der Waals surface area contributed by atoms with Crippen molar-refractivity contribution in [3.63, 3.8) is 0 Å². The molecular formula is C23H25F3N4O. The minimum absolute atomic E-state index is 0.0267. The number of hydrogen-bond donors (Lipinski definition) is 1. The Kier molecular flexibility index (Phi) is 5.64. The van der Waals surface area contributed by atoms with Crippen LogP contribution in [0, 0.1) is 0 Å². The fourth-order valence-electron chi connectivity index (χ4n) is 4.09. The van der Waals surface area contributed by atoms with Gasteiger partial charge in [-0.2, -0.15) is 13.2 Å². The van der Waals surface area contributed by atoms with Gasteiger partial charge in [-0.3, -0.25) is 4.79 Å². The third kappa shape index (κ3) is 4.38. The summed E-state index contributed by atoms with van der Waals surface area (Å²) < 4.78 is 41.0. The predicted octanol–water partition coefficient (Wildman–Crippen LogP) is 5.03. The zero-order chi connectivity index (χ0) is 22.2. The maximum Gasteiger partial charge on any atom is 0.416 e. The number of amides is 1. The van der Waals surface area contributed by atoms with Crippen LogP contribution in [0.1, 0.15) is 48.7 Å². The number of carbonyl (C=O) groups is 1. The quantitative estimate of drug-likeness (QED) is 0.631. The summed E-state index contributed by atoms with van der Waals surface area (Å²) in [6.45, 7) is 5.67. The van der Waals surface area contributed by atoms with Crippen LogP contribution < -0.4 is 10.2 Å². The molecular weight excluding hydrogens is 405 g/mol. The van der Waals surface area contributed by atoms with Crippen LogP contribution in [0.4, 0.5) is 19.1 Å². The Morgan fingerprint density at radius 3 is 2.48 bits per heavy atom. The Labute approximate surface area is 178 Å². The van der Waals surface area contributed by atoms with Crippen LogP contribution in [0.2, 0.25) is 0 Å². The first-order chi connectivity index (χ1) is 14.7. The van der Waals surface area contributed by atoms with E-state index in [1.54, 1.807) is 0 Å². The van der Waals surface area contributed by atoms with Gasteiger partial charge >= 0.3 is 6.18 Å². The number of aromatic nitrogens is 2. The van der Waals surface area contributed by atoms with Gasteiger partial charge in [0.15, 0.2) is 0 Å². The normalized spacial score (nSPS) is 15.6. The molecule has 5 nitrogen and oxygen atoms in total. The molecule has 0 saturated carbocycles. The number of fused-ring (bicyclic) bond motifs is 1. The van der Waals surface area contributed by atoms with Crippen LogP contribution >= 0.6 is 0 Å². The largest absolute Gasteiger partial charge is 0.416 e. The lowest BCUT2D eigenvalue weighted by Gasteiger charge is -2.34. The number of nitrogens with zero attached hydrogens (tertiary/aromatic N) is 3. The summed E-state index contributed by atoms with van der Waals surface area (Å²) in [5.41, 5.74) is 1.25. The number of rotatable bonds is 4. The number of nitrogens with one attached hydrogen (secondary N) is 1. The van der Waals surface area contributed by atoms with Crippen molar-refractivity contribution >= 4 is 22.9 Å². The molecule has 0 atom stereocenters. The molecule has 0 aliphatic carbocycles. The fourth-order valence-corrected chi connectivity index (χ4v) is 4.09. The molecule has 1 aliphatic heterocycles. The molecule has 2 heterocycles. The summed E-state index contributed by atoms with van der Waals surface area (Å²) in [5, 5.41) is 2.89. The van der Waals surface area contributed by atoms with Crippen molar-refractivity contribution in [3.05, 3.63) is 59.7 Å². The molecule has 2 aromatic carbocycles. The highest BCUT2D eigenvalue weighted by Crippen LogP contribution is 2.30. The van der Waals surface area contributed by atoms with Crippen LogP contribution in [0.15, 0.2) is 48.5 Å². The predicted molar refractivity (Wildman–Crippen MR) is 114 cm³/mol. The van der Waals surface area contributed by atoms with E-state index in [9.17, 15) is 18.0 Å². The molecule has 1 saturated heterocycles. The third-order valence-electron chi connectivity index (χ3n) is 5.66. The molecule has 4 rings (SSSR count). The third-order valence-corrected chi connectivity index (χ3v) is 5.66. The number of anilines is 1. The zero-order valence-electron chi connectivity index (χ0n) is 17.5. The topological polar surface area (TPSA) is 50.2 Å². The molecule has 1 amide bonds. The van der Waals surface area contributed by atoms with Crippen molar-refractivity contribution in [1.82, 2.24) is 14.9 Å². The molecule has 1 fully saturated rings. The van der Waals surface area contributed by atoms with Crippen molar-refractivity contribution in [2.45, 2.75) is 44.9 Å². The highest BCUT2D eigenvalue weighted by Gasteiger charge is 2.31. The SMILES string of the molecule is CC(C)n1c(N2CCC(NC(=O)c3cccc(C(F)(F)F)c3)CC2)nc2ccccc21. The van der Waals surface area contributed by atoms with Gasteiger partial charge in [0.05, 0.1) is 16.6 Å². The maximum absolute atomic E-state index is 12.9. The molecule has 3 aromatic rings. The van der Waals surface area contributed by atoms with Crippen LogP contribution in [-0.4, -0.2) is 34.6 Å². The van der Waals surface area contributed by atoms with E-state index in [0.29, 0.717) is 25.9 Å². The number of alkyl halides is 3. The minimum Gasteiger partial charge on any atom is -0.349 e. The summed E-state index contributed by atoms with van der Waals surface area (Å²) in [4.78, 5) is 19.5. The van der Waals surface area contributed by atoms with Crippen molar-refractivity contribution in [2.75, 3.05) is 18.0 Å². The first-order valence-corrected chi connectivity index (χ1v) is 10.4. The second-order valence-electron chi connectivity index (χ2n) is 8.18. The zero-order valence-corrected chi connectivity index (χ0v) is 17.5. The molecule has 1 aliphatic rings.